The average molecular weight is 433 g/mol. The van der Waals surface area contributed by atoms with Gasteiger partial charge in [0, 0.05) is 10.7 Å². The summed E-state index contributed by atoms with van der Waals surface area (Å²) in [5.74, 6) is 0.211. The van der Waals surface area contributed by atoms with Crippen molar-refractivity contribution >= 4 is 25.4 Å². The Balaban J connectivity index is 1.93. The summed E-state index contributed by atoms with van der Waals surface area (Å²) in [6.07, 6.45) is 0. The summed E-state index contributed by atoms with van der Waals surface area (Å²) in [5, 5.41) is -0.112. The molecule has 0 saturated heterocycles. The highest BCUT2D eigenvalue weighted by Gasteiger charge is 2.63. The molecule has 0 unspecified atom stereocenters. The third-order valence-electron chi connectivity index (χ3n) is 8.11. The second-order valence-corrected chi connectivity index (χ2v) is 16.7. The van der Waals surface area contributed by atoms with E-state index in [0.717, 1.165) is 28.6 Å². The molecule has 0 N–H and O–H groups in total. The fourth-order valence-corrected chi connectivity index (χ4v) is 13.9. The van der Waals surface area contributed by atoms with E-state index in [1.54, 1.807) is 0 Å². The topological polar surface area (TPSA) is 32.7 Å². The lowest BCUT2D eigenvalue weighted by Gasteiger charge is -2.58. The Morgan fingerprint density at radius 1 is 0.935 bits per heavy atom. The third kappa shape index (κ3) is 3.14. The fraction of sp³-hybridized carbons (Fsp3) is 0.481. The Morgan fingerprint density at radius 2 is 1.52 bits per heavy atom. The molecule has 0 spiro atoms. The highest BCUT2D eigenvalue weighted by molar-refractivity contribution is 6.86. The summed E-state index contributed by atoms with van der Waals surface area (Å²) < 4.78 is 0. The van der Waals surface area contributed by atoms with Gasteiger partial charge in [-0.2, -0.15) is 0 Å². The first-order valence-electron chi connectivity index (χ1n) is 11.6. The van der Waals surface area contributed by atoms with Crippen molar-refractivity contribution in [2.75, 3.05) is 4.90 Å². The number of fused-ring (bicyclic) bond motifs is 3. The lowest BCUT2D eigenvalue weighted by molar-refractivity contribution is -0.124. The quantitative estimate of drug-likeness (QED) is 0.499. The maximum absolute atomic E-state index is 14.3. The molecule has 0 aromatic heterocycles. The van der Waals surface area contributed by atoms with Crippen molar-refractivity contribution in [3.8, 4) is 0 Å². The summed E-state index contributed by atoms with van der Waals surface area (Å²) in [6, 6.07) is 19.6. The van der Waals surface area contributed by atoms with Gasteiger partial charge in [-0.3, -0.25) is 9.79 Å². The van der Waals surface area contributed by atoms with Crippen LogP contribution < -0.4 is 4.90 Å². The number of carbonyl (C=O) groups is 1. The van der Waals surface area contributed by atoms with E-state index in [9.17, 15) is 4.79 Å². The van der Waals surface area contributed by atoms with Gasteiger partial charge < -0.3 is 4.90 Å². The Kier molecular flexibility index (Phi) is 5.28. The van der Waals surface area contributed by atoms with E-state index in [2.05, 4.69) is 78.8 Å². The van der Waals surface area contributed by atoms with Crippen molar-refractivity contribution in [2.24, 2.45) is 10.4 Å². The van der Waals surface area contributed by atoms with Crippen molar-refractivity contribution < 1.29 is 4.79 Å². The van der Waals surface area contributed by atoms with Gasteiger partial charge in [0.05, 0.1) is 31.4 Å². The van der Waals surface area contributed by atoms with Crippen molar-refractivity contribution in [3.63, 3.8) is 0 Å². The zero-order valence-corrected chi connectivity index (χ0v) is 21.1. The van der Waals surface area contributed by atoms with E-state index in [1.807, 2.05) is 29.2 Å². The summed E-state index contributed by atoms with van der Waals surface area (Å²) in [6.45, 7) is 16.9. The van der Waals surface area contributed by atoms with Crippen LogP contribution in [0.25, 0.3) is 0 Å². The third-order valence-corrected chi connectivity index (χ3v) is 15.9. The van der Waals surface area contributed by atoms with Crippen LogP contribution in [0.5, 0.6) is 0 Å². The molecule has 0 fully saturated rings. The predicted molar refractivity (Wildman–Crippen MR) is 134 cm³/mol. The largest absolute Gasteiger partial charge is 0.307 e. The second kappa shape index (κ2) is 7.44. The minimum absolute atomic E-state index is 0.112. The van der Waals surface area contributed by atoms with Gasteiger partial charge in [0.1, 0.15) is 0 Å². The number of benzene rings is 2. The smallest absolute Gasteiger partial charge is 0.239 e. The van der Waals surface area contributed by atoms with E-state index in [4.69, 9.17) is 4.99 Å². The second-order valence-electron chi connectivity index (χ2n) is 10.8. The van der Waals surface area contributed by atoms with Crippen molar-refractivity contribution in [1.82, 2.24) is 0 Å². The standard InChI is InChI=1S/C27H36N2OSi/c1-19(2)31(20(3)4)18-27(7)24(28-26(31,5)6)22-15-11-12-16-23(22)29(25(27)30)17-21-13-9-8-10-14-21/h8-16,19-20H,17-18H2,1-7H3/t27-/m0/s1. The average Bonchev–Trinajstić information content (AvgIpc) is 2.72. The number of para-hydroxylation sites is 1. The van der Waals surface area contributed by atoms with Crippen LogP contribution in [0.1, 0.15) is 59.6 Å². The molecular weight excluding hydrogens is 396 g/mol. The van der Waals surface area contributed by atoms with E-state index < -0.39 is 13.5 Å². The molecule has 2 aliphatic heterocycles. The van der Waals surface area contributed by atoms with E-state index in [-0.39, 0.29) is 11.1 Å². The lowest BCUT2D eigenvalue weighted by Crippen LogP contribution is -2.68. The van der Waals surface area contributed by atoms with Gasteiger partial charge in [0.2, 0.25) is 5.91 Å². The Morgan fingerprint density at radius 3 is 2.13 bits per heavy atom. The minimum atomic E-state index is -1.97. The zero-order chi connectivity index (χ0) is 22.6. The van der Waals surface area contributed by atoms with Crippen LogP contribution in [0.15, 0.2) is 59.6 Å². The fourth-order valence-electron chi connectivity index (χ4n) is 6.65. The lowest BCUT2D eigenvalue weighted by atomic mass is 9.77. The first-order valence-corrected chi connectivity index (χ1v) is 14.0. The number of anilines is 1. The molecule has 0 radical (unpaired) electrons. The number of carbonyl (C=O) groups excluding carboxylic acids is 1. The van der Waals surface area contributed by atoms with E-state index in [1.165, 1.54) is 0 Å². The molecule has 0 bridgehead atoms. The predicted octanol–water partition coefficient (Wildman–Crippen LogP) is 6.63. The molecule has 31 heavy (non-hydrogen) atoms. The molecule has 4 heteroatoms. The monoisotopic (exact) mass is 432 g/mol. The summed E-state index contributed by atoms with van der Waals surface area (Å²) in [4.78, 5) is 21.7. The molecule has 1 amide bonds. The van der Waals surface area contributed by atoms with Gasteiger partial charge in [0.15, 0.2) is 0 Å². The summed E-state index contributed by atoms with van der Waals surface area (Å²) in [7, 11) is -1.97. The van der Waals surface area contributed by atoms with Crippen LogP contribution >= 0.6 is 0 Å². The van der Waals surface area contributed by atoms with Crippen LogP contribution in [-0.2, 0) is 11.3 Å². The maximum Gasteiger partial charge on any atom is 0.239 e. The first-order chi connectivity index (χ1) is 14.5. The van der Waals surface area contributed by atoms with Crippen molar-refractivity contribution in [2.45, 2.75) is 77.3 Å². The number of hydrogen-bond donors (Lipinski definition) is 0. The Hall–Kier alpha value is -2.20. The van der Waals surface area contributed by atoms with Crippen LogP contribution in [0.2, 0.25) is 17.1 Å². The van der Waals surface area contributed by atoms with Crippen LogP contribution in [0.4, 0.5) is 5.69 Å². The van der Waals surface area contributed by atoms with Crippen LogP contribution in [0.3, 0.4) is 0 Å². The number of nitrogens with zero attached hydrogens (tertiary/aromatic N) is 2. The van der Waals surface area contributed by atoms with Gasteiger partial charge in [-0.15, -0.1) is 0 Å². The van der Waals surface area contributed by atoms with Gasteiger partial charge >= 0.3 is 0 Å². The normalized spacial score (nSPS) is 24.1. The van der Waals surface area contributed by atoms with Gasteiger partial charge in [-0.25, -0.2) is 0 Å². The molecule has 2 heterocycles. The van der Waals surface area contributed by atoms with Crippen LogP contribution in [-0.4, -0.2) is 24.9 Å². The number of aliphatic imine (C=N–C) groups is 1. The molecule has 4 rings (SSSR count). The highest BCUT2D eigenvalue weighted by Crippen LogP contribution is 2.56. The molecular formula is C27H36N2OSi. The summed E-state index contributed by atoms with van der Waals surface area (Å²) >= 11 is 0. The SMILES string of the molecule is CC(C)[Si]1(C(C)C)C[C@]2(C)C(=O)N(Cc3ccccc3)c3ccccc3C2=NC1(C)C. The molecule has 0 aliphatic carbocycles. The molecule has 164 valence electrons. The van der Waals surface area contributed by atoms with Crippen molar-refractivity contribution in [1.29, 1.82) is 0 Å². The van der Waals surface area contributed by atoms with Gasteiger partial charge in [0.25, 0.3) is 0 Å². The molecule has 2 aromatic rings. The molecule has 1 atom stereocenters. The van der Waals surface area contributed by atoms with E-state index >= 15 is 0 Å². The Bertz CT molecular complexity index is 1020. The molecule has 2 aliphatic rings. The number of hydrogen-bond acceptors (Lipinski definition) is 2. The Labute approximate surface area is 188 Å². The van der Waals surface area contributed by atoms with E-state index in [0.29, 0.717) is 17.6 Å². The molecule has 0 saturated carbocycles. The molecule has 2 aromatic carbocycles. The zero-order valence-electron chi connectivity index (χ0n) is 20.1. The number of rotatable bonds is 4. The molecule has 3 nitrogen and oxygen atoms in total. The van der Waals surface area contributed by atoms with Crippen LogP contribution in [0, 0.1) is 5.41 Å². The maximum atomic E-state index is 14.3. The number of amides is 1. The first kappa shape index (κ1) is 22.0. The minimum Gasteiger partial charge on any atom is -0.307 e. The van der Waals surface area contributed by atoms with Gasteiger partial charge in [-0.05, 0) is 49.5 Å². The summed E-state index contributed by atoms with van der Waals surface area (Å²) in [5.41, 5.74) is 4.82. The highest BCUT2D eigenvalue weighted by atomic mass is 28.3. The van der Waals surface area contributed by atoms with Gasteiger partial charge in [-0.1, -0.05) is 76.2 Å². The van der Waals surface area contributed by atoms with Crippen molar-refractivity contribution in [3.05, 3.63) is 65.7 Å².